The van der Waals surface area contributed by atoms with Gasteiger partial charge < -0.3 is 10.8 Å². The third-order valence-electron chi connectivity index (χ3n) is 5.19. The van der Waals surface area contributed by atoms with Crippen LogP contribution >= 0.6 is 0 Å². The highest BCUT2D eigenvalue weighted by molar-refractivity contribution is 5.15. The van der Waals surface area contributed by atoms with Crippen LogP contribution in [0.15, 0.2) is 0 Å². The van der Waals surface area contributed by atoms with Crippen LogP contribution in [0.2, 0.25) is 0 Å². The number of hydrogen-bond acceptors (Lipinski definition) is 2. The van der Waals surface area contributed by atoms with Crippen LogP contribution in [-0.2, 0) is 0 Å². The van der Waals surface area contributed by atoms with E-state index in [9.17, 15) is 5.11 Å². The Kier molecular flexibility index (Phi) is 1.79. The second kappa shape index (κ2) is 2.73. The minimum Gasteiger partial charge on any atom is -0.388 e. The minimum absolute atomic E-state index is 0.216. The predicted octanol–water partition coefficient (Wildman–Crippen LogP) is 1.81. The van der Waals surface area contributed by atoms with Gasteiger partial charge in [0.05, 0.1) is 5.60 Å². The van der Waals surface area contributed by atoms with Gasteiger partial charge in [0.1, 0.15) is 0 Å². The van der Waals surface area contributed by atoms with Gasteiger partial charge in [-0.25, -0.2) is 0 Å². The molecule has 0 aromatic carbocycles. The maximum Gasteiger partial charge on any atom is 0.0829 e. The van der Waals surface area contributed by atoms with Crippen molar-refractivity contribution in [3.63, 3.8) is 0 Å². The van der Waals surface area contributed by atoms with Crippen molar-refractivity contribution in [1.29, 1.82) is 0 Å². The van der Waals surface area contributed by atoms with Gasteiger partial charge in [-0.1, -0.05) is 19.3 Å². The van der Waals surface area contributed by atoms with E-state index in [0.29, 0.717) is 5.92 Å². The topological polar surface area (TPSA) is 46.2 Å². The van der Waals surface area contributed by atoms with Gasteiger partial charge in [-0.15, -0.1) is 0 Å². The molecule has 3 aliphatic rings. The van der Waals surface area contributed by atoms with Crippen molar-refractivity contribution in [2.75, 3.05) is 0 Å². The molecule has 14 heavy (non-hydrogen) atoms. The molecular formula is C12H21NO. The van der Waals surface area contributed by atoms with Crippen molar-refractivity contribution in [3.05, 3.63) is 0 Å². The van der Waals surface area contributed by atoms with Gasteiger partial charge in [0, 0.05) is 5.54 Å². The summed E-state index contributed by atoms with van der Waals surface area (Å²) in [5, 5.41) is 10.6. The maximum atomic E-state index is 10.6. The number of rotatable bonds is 1. The lowest BCUT2D eigenvalue weighted by Crippen LogP contribution is -2.62. The zero-order valence-electron chi connectivity index (χ0n) is 8.84. The zero-order valence-corrected chi connectivity index (χ0v) is 8.84. The van der Waals surface area contributed by atoms with Crippen molar-refractivity contribution < 1.29 is 5.11 Å². The van der Waals surface area contributed by atoms with Crippen LogP contribution in [0.4, 0.5) is 0 Å². The summed E-state index contributed by atoms with van der Waals surface area (Å²) in [6.07, 6.45) is 9.26. The number of hydrogen-bond donors (Lipinski definition) is 2. The highest BCUT2D eigenvalue weighted by Crippen LogP contribution is 2.56. The van der Waals surface area contributed by atoms with Gasteiger partial charge in [-0.05, 0) is 43.9 Å². The summed E-state index contributed by atoms with van der Waals surface area (Å²) in [7, 11) is 0. The molecule has 0 heterocycles. The summed E-state index contributed by atoms with van der Waals surface area (Å²) < 4.78 is 0. The van der Waals surface area contributed by atoms with Crippen LogP contribution in [0.25, 0.3) is 0 Å². The van der Waals surface area contributed by atoms with Crippen LogP contribution in [-0.4, -0.2) is 16.2 Å². The summed E-state index contributed by atoms with van der Waals surface area (Å²) in [5.41, 5.74) is 5.81. The molecule has 2 bridgehead atoms. The van der Waals surface area contributed by atoms with Gasteiger partial charge in [0.25, 0.3) is 0 Å². The Morgan fingerprint density at radius 1 is 1.14 bits per heavy atom. The monoisotopic (exact) mass is 195 g/mol. The highest BCUT2D eigenvalue weighted by atomic mass is 16.3. The fraction of sp³-hybridized carbons (Fsp3) is 1.00. The molecule has 0 aromatic rings. The molecule has 3 fully saturated rings. The lowest BCUT2D eigenvalue weighted by Gasteiger charge is -2.45. The molecule has 3 aliphatic carbocycles. The van der Waals surface area contributed by atoms with Gasteiger partial charge in [-0.2, -0.15) is 0 Å². The Balaban J connectivity index is 1.89. The molecule has 0 aromatic heterocycles. The minimum atomic E-state index is -0.507. The lowest BCUT2D eigenvalue weighted by atomic mass is 9.69. The van der Waals surface area contributed by atoms with Crippen LogP contribution in [0.3, 0.4) is 0 Å². The van der Waals surface area contributed by atoms with Gasteiger partial charge >= 0.3 is 0 Å². The Morgan fingerprint density at radius 3 is 2.36 bits per heavy atom. The zero-order chi connectivity index (χ0) is 9.81. The number of aliphatic hydroxyl groups is 1. The predicted molar refractivity (Wildman–Crippen MR) is 55.8 cm³/mol. The van der Waals surface area contributed by atoms with Crippen molar-refractivity contribution in [2.45, 2.75) is 62.5 Å². The van der Waals surface area contributed by atoms with Gasteiger partial charge in [0.15, 0.2) is 0 Å². The van der Waals surface area contributed by atoms with Crippen LogP contribution < -0.4 is 5.73 Å². The smallest absolute Gasteiger partial charge is 0.0829 e. The van der Waals surface area contributed by atoms with E-state index in [1.807, 2.05) is 0 Å². The van der Waals surface area contributed by atoms with E-state index in [-0.39, 0.29) is 5.54 Å². The highest BCUT2D eigenvalue weighted by Gasteiger charge is 2.59. The molecule has 3 unspecified atom stereocenters. The van der Waals surface area contributed by atoms with Crippen molar-refractivity contribution >= 4 is 0 Å². The van der Waals surface area contributed by atoms with Crippen molar-refractivity contribution in [2.24, 2.45) is 17.6 Å². The normalized spacial score (nSPS) is 50.1. The molecule has 3 rings (SSSR count). The fourth-order valence-electron chi connectivity index (χ4n) is 4.37. The summed E-state index contributed by atoms with van der Waals surface area (Å²) in [6.45, 7) is 0. The third kappa shape index (κ3) is 0.989. The van der Waals surface area contributed by atoms with E-state index >= 15 is 0 Å². The van der Waals surface area contributed by atoms with Crippen molar-refractivity contribution in [1.82, 2.24) is 0 Å². The van der Waals surface area contributed by atoms with E-state index in [0.717, 1.165) is 25.2 Å². The Bertz CT molecular complexity index is 247. The van der Waals surface area contributed by atoms with E-state index in [2.05, 4.69) is 0 Å². The van der Waals surface area contributed by atoms with Crippen LogP contribution in [0.5, 0.6) is 0 Å². The molecule has 2 heteroatoms. The van der Waals surface area contributed by atoms with E-state index in [1.54, 1.807) is 0 Å². The first-order valence-corrected chi connectivity index (χ1v) is 6.15. The molecular weight excluding hydrogens is 174 g/mol. The molecule has 0 radical (unpaired) electrons. The quantitative estimate of drug-likeness (QED) is 0.670. The fourth-order valence-corrected chi connectivity index (χ4v) is 4.37. The third-order valence-corrected chi connectivity index (χ3v) is 5.19. The summed E-state index contributed by atoms with van der Waals surface area (Å²) in [4.78, 5) is 0. The van der Waals surface area contributed by atoms with Gasteiger partial charge in [0.2, 0.25) is 0 Å². The summed E-state index contributed by atoms with van der Waals surface area (Å²) >= 11 is 0. The lowest BCUT2D eigenvalue weighted by molar-refractivity contribution is -0.0543. The molecule has 2 nitrogen and oxygen atoms in total. The molecule has 0 spiro atoms. The Labute approximate surface area is 85.9 Å². The average Bonchev–Trinajstić information content (AvgIpc) is 2.79. The van der Waals surface area contributed by atoms with Gasteiger partial charge in [-0.3, -0.25) is 0 Å². The summed E-state index contributed by atoms with van der Waals surface area (Å²) in [5.74, 6) is 1.45. The van der Waals surface area contributed by atoms with E-state index in [1.165, 1.54) is 32.1 Å². The van der Waals surface area contributed by atoms with Crippen molar-refractivity contribution in [3.8, 4) is 0 Å². The molecule has 3 N–H and O–H groups in total. The second-order valence-corrected chi connectivity index (χ2v) is 5.86. The summed E-state index contributed by atoms with van der Waals surface area (Å²) in [6, 6.07) is 0. The van der Waals surface area contributed by atoms with E-state index in [4.69, 9.17) is 5.73 Å². The Morgan fingerprint density at radius 2 is 1.86 bits per heavy atom. The SMILES string of the molecule is NC1(C2(O)CCCC2)CC2CCC1C2. The number of nitrogens with two attached hydrogens (primary N) is 1. The molecule has 0 amide bonds. The molecule has 0 aliphatic heterocycles. The molecule has 80 valence electrons. The molecule has 0 saturated heterocycles. The van der Waals surface area contributed by atoms with E-state index < -0.39 is 5.60 Å². The molecule has 3 saturated carbocycles. The first kappa shape index (κ1) is 9.17. The first-order valence-electron chi connectivity index (χ1n) is 6.15. The standard InChI is InChI=1S/C12H21NO/c13-12(11(14)5-1-2-6-11)8-9-3-4-10(12)7-9/h9-10,14H,1-8,13H2. The van der Waals surface area contributed by atoms with Crippen LogP contribution in [0, 0.1) is 11.8 Å². The largest absolute Gasteiger partial charge is 0.388 e. The Hall–Kier alpha value is -0.0800. The maximum absolute atomic E-state index is 10.6. The second-order valence-electron chi connectivity index (χ2n) is 5.86. The first-order chi connectivity index (χ1) is 6.64. The average molecular weight is 195 g/mol. The number of fused-ring (bicyclic) bond motifs is 2. The molecule has 3 atom stereocenters. The van der Waals surface area contributed by atoms with Crippen LogP contribution in [0.1, 0.15) is 51.4 Å².